The van der Waals surface area contributed by atoms with Gasteiger partial charge in [-0.05, 0) is 47.5 Å². The van der Waals surface area contributed by atoms with Crippen LogP contribution in [-0.2, 0) is 9.05 Å². The van der Waals surface area contributed by atoms with Crippen LogP contribution in [0.2, 0.25) is 0 Å². The van der Waals surface area contributed by atoms with Crippen LogP contribution in [0.3, 0.4) is 0 Å². The number of hydrogen-bond donors (Lipinski definition) is 0. The molecule has 1 saturated carbocycles. The third kappa shape index (κ3) is 5.50. The molecule has 1 aliphatic heterocycles. The number of hydrogen-bond acceptors (Lipinski definition) is 6. The first-order valence-corrected chi connectivity index (χ1v) is 12.8. The van der Waals surface area contributed by atoms with E-state index >= 15 is 0 Å². The summed E-state index contributed by atoms with van der Waals surface area (Å²) < 4.78 is 15.5. The van der Waals surface area contributed by atoms with E-state index in [1.807, 2.05) is 10.8 Å². The summed E-state index contributed by atoms with van der Waals surface area (Å²) in [5.74, 6) is 0. The molecule has 1 saturated heterocycles. The fourth-order valence-electron chi connectivity index (χ4n) is 3.79. The quantitative estimate of drug-likeness (QED) is 0.275. The maximum absolute atomic E-state index is 8.88. The lowest BCUT2D eigenvalue weighted by molar-refractivity contribution is 0.0962. The van der Waals surface area contributed by atoms with Crippen molar-refractivity contribution in [3.05, 3.63) is 0 Å². The van der Waals surface area contributed by atoms with Crippen molar-refractivity contribution in [2.45, 2.75) is 101 Å². The average molecular weight is 405 g/mol. The van der Waals surface area contributed by atoms with Crippen molar-refractivity contribution in [2.24, 2.45) is 0 Å². The first kappa shape index (κ1) is 21.8. The van der Waals surface area contributed by atoms with Crippen LogP contribution in [0.4, 0.5) is 0 Å². The van der Waals surface area contributed by atoms with E-state index < -0.39 is 8.53 Å². The van der Waals surface area contributed by atoms with Gasteiger partial charge in [0.1, 0.15) is 0 Å². The zero-order valence-electron chi connectivity index (χ0n) is 16.2. The Morgan fingerprint density at radius 1 is 1.20 bits per heavy atom. The van der Waals surface area contributed by atoms with Gasteiger partial charge in [0, 0.05) is 17.3 Å². The summed E-state index contributed by atoms with van der Waals surface area (Å²) >= 11 is 0. The smallest absolute Gasteiger partial charge is 0.259 e. The molecule has 1 spiro atoms. The lowest BCUT2D eigenvalue weighted by Gasteiger charge is -2.42. The van der Waals surface area contributed by atoms with Gasteiger partial charge in [-0.25, -0.2) is 4.67 Å². The second-order valence-electron chi connectivity index (χ2n) is 7.58. The molecule has 0 aromatic carbocycles. The topological polar surface area (TPSA) is 45.5 Å². The summed E-state index contributed by atoms with van der Waals surface area (Å²) in [6.07, 6.45) is 7.13. The van der Waals surface area contributed by atoms with Crippen LogP contribution in [0.15, 0.2) is 0 Å². The molecule has 2 fully saturated rings. The Kier molecular flexibility index (Phi) is 8.85. The van der Waals surface area contributed by atoms with E-state index in [0.717, 1.165) is 0 Å². The summed E-state index contributed by atoms with van der Waals surface area (Å²) in [4.78, 5) is 0. The van der Waals surface area contributed by atoms with E-state index in [4.69, 9.17) is 14.3 Å². The second kappa shape index (κ2) is 10.2. The van der Waals surface area contributed by atoms with Crippen LogP contribution >= 0.6 is 30.1 Å². The predicted octanol–water partition coefficient (Wildman–Crippen LogP) is 6.13. The normalized spacial score (nSPS) is 27.3. The van der Waals surface area contributed by atoms with E-state index in [1.165, 1.54) is 32.1 Å². The molecule has 1 aliphatic carbocycles. The van der Waals surface area contributed by atoms with E-state index in [2.05, 4.69) is 56.2 Å². The molecule has 0 aromatic rings. The Balaban J connectivity index is 2.16. The van der Waals surface area contributed by atoms with Crippen molar-refractivity contribution in [3.8, 4) is 6.07 Å². The maximum atomic E-state index is 8.88. The van der Waals surface area contributed by atoms with Gasteiger partial charge in [-0.15, -0.1) is 0 Å². The Morgan fingerprint density at radius 2 is 1.84 bits per heavy atom. The average Bonchev–Trinajstić information content (AvgIpc) is 2.84. The van der Waals surface area contributed by atoms with Crippen LogP contribution in [0.5, 0.6) is 0 Å². The van der Waals surface area contributed by atoms with Gasteiger partial charge in [0.2, 0.25) is 0 Å². The van der Waals surface area contributed by atoms with Gasteiger partial charge in [-0.2, -0.15) is 5.26 Å². The molecular weight excluding hydrogens is 371 g/mol. The summed E-state index contributed by atoms with van der Waals surface area (Å²) in [5, 5.41) is 9.36. The molecule has 144 valence electrons. The molecule has 2 aliphatic rings. The number of nitriles is 1. The highest BCUT2D eigenvalue weighted by atomic mass is 33.1. The van der Waals surface area contributed by atoms with E-state index in [9.17, 15) is 0 Å². The summed E-state index contributed by atoms with van der Waals surface area (Å²) in [6, 6.07) is 2.89. The standard InChI is InChI=1S/C18H33N2O2PS2/c1-14(2)20(15(3)4)23(21-13-9-12-19)22-17-16(5)24-25-18(17)10-7-6-8-11-18/h14-17H,6-11,13H2,1-5H3/t16-,17+,23?/m0/s1. The molecule has 7 heteroatoms. The molecule has 2 rings (SSSR count). The SMILES string of the molecule is CC(C)N(C(C)C)P(OCCC#N)O[C@@H]1[C@H](C)SSC12CCCCC2. The minimum absolute atomic E-state index is 0.232. The van der Waals surface area contributed by atoms with Crippen LogP contribution in [0.25, 0.3) is 0 Å². The zero-order valence-corrected chi connectivity index (χ0v) is 18.8. The Bertz CT molecular complexity index is 439. The lowest BCUT2D eigenvalue weighted by atomic mass is 9.83. The first-order chi connectivity index (χ1) is 11.9. The molecule has 0 N–H and O–H groups in total. The van der Waals surface area contributed by atoms with Gasteiger partial charge >= 0.3 is 0 Å². The lowest BCUT2D eigenvalue weighted by Crippen LogP contribution is -2.44. The van der Waals surface area contributed by atoms with Gasteiger partial charge in [0.15, 0.2) is 0 Å². The molecule has 1 heterocycles. The van der Waals surface area contributed by atoms with Crippen molar-refractivity contribution < 1.29 is 9.05 Å². The highest BCUT2D eigenvalue weighted by molar-refractivity contribution is 8.77. The molecule has 0 bridgehead atoms. The highest BCUT2D eigenvalue weighted by Gasteiger charge is 2.51. The van der Waals surface area contributed by atoms with Crippen molar-refractivity contribution in [1.82, 2.24) is 4.67 Å². The highest BCUT2D eigenvalue weighted by Crippen LogP contribution is 2.62. The zero-order chi connectivity index (χ0) is 18.4. The fraction of sp³-hybridized carbons (Fsp3) is 0.944. The van der Waals surface area contributed by atoms with E-state index in [0.29, 0.717) is 30.4 Å². The molecule has 3 atom stereocenters. The van der Waals surface area contributed by atoms with Gasteiger partial charge < -0.3 is 9.05 Å². The Morgan fingerprint density at radius 3 is 2.40 bits per heavy atom. The number of rotatable bonds is 8. The van der Waals surface area contributed by atoms with Crippen molar-refractivity contribution in [1.29, 1.82) is 5.26 Å². The first-order valence-electron chi connectivity index (χ1n) is 9.51. The Hall–Kier alpha value is 0.500. The van der Waals surface area contributed by atoms with E-state index in [-0.39, 0.29) is 10.9 Å². The maximum Gasteiger partial charge on any atom is 0.259 e. The predicted molar refractivity (Wildman–Crippen MR) is 111 cm³/mol. The van der Waals surface area contributed by atoms with Crippen LogP contribution in [-0.4, -0.2) is 39.5 Å². The molecule has 1 unspecified atom stereocenters. The molecule has 25 heavy (non-hydrogen) atoms. The minimum Gasteiger partial charge on any atom is -0.321 e. The fourth-order valence-corrected chi connectivity index (χ4v) is 9.59. The molecule has 0 aromatic heterocycles. The van der Waals surface area contributed by atoms with Gasteiger partial charge in [-0.1, -0.05) is 40.9 Å². The van der Waals surface area contributed by atoms with E-state index in [1.54, 1.807) is 0 Å². The summed E-state index contributed by atoms with van der Waals surface area (Å²) in [6.45, 7) is 11.5. The minimum atomic E-state index is -1.15. The third-order valence-corrected chi connectivity index (χ3v) is 10.8. The van der Waals surface area contributed by atoms with Gasteiger partial charge in [0.05, 0.1) is 29.9 Å². The van der Waals surface area contributed by atoms with Crippen LogP contribution in [0.1, 0.15) is 73.1 Å². The van der Waals surface area contributed by atoms with Crippen LogP contribution in [0, 0.1) is 11.3 Å². The van der Waals surface area contributed by atoms with Gasteiger partial charge in [-0.3, -0.25) is 0 Å². The molecule has 4 nitrogen and oxygen atoms in total. The molecular formula is C18H33N2O2PS2. The van der Waals surface area contributed by atoms with Crippen LogP contribution < -0.4 is 0 Å². The second-order valence-corrected chi connectivity index (χ2v) is 12.0. The van der Waals surface area contributed by atoms with Crippen molar-refractivity contribution in [3.63, 3.8) is 0 Å². The third-order valence-electron chi connectivity index (χ3n) is 4.88. The monoisotopic (exact) mass is 404 g/mol. The molecule has 0 radical (unpaired) electrons. The van der Waals surface area contributed by atoms with Crippen molar-refractivity contribution in [2.75, 3.05) is 6.61 Å². The summed E-state index contributed by atoms with van der Waals surface area (Å²) in [5.41, 5.74) is 0. The molecule has 0 amide bonds. The Labute approximate surface area is 163 Å². The number of nitrogens with zero attached hydrogens (tertiary/aromatic N) is 2. The van der Waals surface area contributed by atoms with Crippen molar-refractivity contribution >= 4 is 30.1 Å². The summed E-state index contributed by atoms with van der Waals surface area (Å²) in [7, 11) is 2.89. The van der Waals surface area contributed by atoms with Gasteiger partial charge in [0.25, 0.3) is 8.53 Å². The largest absolute Gasteiger partial charge is 0.321 e.